The summed E-state index contributed by atoms with van der Waals surface area (Å²) in [6.45, 7) is 1.18. The molecule has 7 nitrogen and oxygen atoms in total. The number of aromatic nitrogens is 3. The maximum atomic E-state index is 14.0. The Morgan fingerprint density at radius 2 is 2.12 bits per heavy atom. The Hall–Kier alpha value is -2.32. The number of methoxy groups -OCH3 is 1. The molecular formula is C18H23FN4O3. The molecule has 2 heterocycles. The van der Waals surface area contributed by atoms with E-state index in [1.807, 2.05) is 0 Å². The summed E-state index contributed by atoms with van der Waals surface area (Å²) in [4.78, 5) is 20.5. The van der Waals surface area contributed by atoms with Gasteiger partial charge in [0.2, 0.25) is 0 Å². The predicted octanol–water partition coefficient (Wildman–Crippen LogP) is 2.11. The number of amides is 1. The number of rotatable bonds is 7. The first-order valence-corrected chi connectivity index (χ1v) is 8.73. The van der Waals surface area contributed by atoms with Crippen LogP contribution in [-0.4, -0.2) is 52.9 Å². The van der Waals surface area contributed by atoms with Gasteiger partial charge >= 0.3 is 0 Å². The second kappa shape index (κ2) is 8.86. The van der Waals surface area contributed by atoms with Gasteiger partial charge in [-0.15, -0.1) is 0 Å². The molecule has 8 heteroatoms. The minimum atomic E-state index is -0.506. The van der Waals surface area contributed by atoms with Crippen molar-refractivity contribution >= 4 is 5.91 Å². The molecule has 0 saturated heterocycles. The van der Waals surface area contributed by atoms with E-state index in [2.05, 4.69) is 15.3 Å². The Kier molecular flexibility index (Phi) is 6.30. The van der Waals surface area contributed by atoms with Crippen LogP contribution in [0.4, 0.5) is 4.39 Å². The van der Waals surface area contributed by atoms with Gasteiger partial charge in [0.25, 0.3) is 5.91 Å². The SMILES string of the molecule is COCCOC1CCC(NC(=O)c2ccc(F)c(-n3ccnc3)n2)CC1. The summed E-state index contributed by atoms with van der Waals surface area (Å²) in [5.74, 6) is -0.742. The van der Waals surface area contributed by atoms with Crippen molar-refractivity contribution < 1.29 is 18.7 Å². The Morgan fingerprint density at radius 1 is 1.31 bits per heavy atom. The second-order valence-corrected chi connectivity index (χ2v) is 6.28. The summed E-state index contributed by atoms with van der Waals surface area (Å²) in [7, 11) is 1.65. The summed E-state index contributed by atoms with van der Waals surface area (Å²) in [6.07, 6.45) is 8.25. The smallest absolute Gasteiger partial charge is 0.270 e. The highest BCUT2D eigenvalue weighted by Crippen LogP contribution is 2.21. The van der Waals surface area contributed by atoms with Gasteiger partial charge in [-0.1, -0.05) is 0 Å². The van der Waals surface area contributed by atoms with Crippen LogP contribution >= 0.6 is 0 Å². The van der Waals surface area contributed by atoms with Crippen molar-refractivity contribution in [2.45, 2.75) is 37.8 Å². The number of pyridine rings is 1. The Bertz CT molecular complexity index is 715. The molecule has 2 aromatic heterocycles. The molecule has 1 fully saturated rings. The van der Waals surface area contributed by atoms with Gasteiger partial charge in [-0.05, 0) is 37.8 Å². The molecular weight excluding hydrogens is 339 g/mol. The van der Waals surface area contributed by atoms with E-state index in [1.165, 1.54) is 29.2 Å². The van der Waals surface area contributed by atoms with Crippen molar-refractivity contribution in [1.82, 2.24) is 19.9 Å². The topological polar surface area (TPSA) is 78.3 Å². The Labute approximate surface area is 151 Å². The molecule has 26 heavy (non-hydrogen) atoms. The van der Waals surface area contributed by atoms with E-state index in [4.69, 9.17) is 9.47 Å². The summed E-state index contributed by atoms with van der Waals surface area (Å²) in [5, 5.41) is 2.99. The van der Waals surface area contributed by atoms with Gasteiger partial charge in [-0.25, -0.2) is 14.4 Å². The Balaban J connectivity index is 1.55. The molecule has 1 amide bonds. The van der Waals surface area contributed by atoms with E-state index in [0.717, 1.165) is 25.7 Å². The monoisotopic (exact) mass is 362 g/mol. The van der Waals surface area contributed by atoms with Crippen molar-refractivity contribution in [3.05, 3.63) is 42.4 Å². The highest BCUT2D eigenvalue weighted by Gasteiger charge is 2.24. The molecule has 1 aliphatic rings. The minimum Gasteiger partial charge on any atom is -0.382 e. The van der Waals surface area contributed by atoms with Gasteiger partial charge in [0, 0.05) is 25.5 Å². The van der Waals surface area contributed by atoms with E-state index in [9.17, 15) is 9.18 Å². The van der Waals surface area contributed by atoms with E-state index in [0.29, 0.717) is 13.2 Å². The molecule has 0 unspecified atom stereocenters. The minimum absolute atomic E-state index is 0.0606. The van der Waals surface area contributed by atoms with E-state index >= 15 is 0 Å². The number of imidazole rings is 1. The van der Waals surface area contributed by atoms with Crippen LogP contribution in [0.15, 0.2) is 30.9 Å². The lowest BCUT2D eigenvalue weighted by atomic mass is 9.93. The lowest BCUT2D eigenvalue weighted by Crippen LogP contribution is -2.39. The maximum Gasteiger partial charge on any atom is 0.270 e. The first-order chi connectivity index (χ1) is 12.7. The van der Waals surface area contributed by atoms with E-state index in [1.54, 1.807) is 13.3 Å². The average molecular weight is 362 g/mol. The zero-order chi connectivity index (χ0) is 18.4. The number of hydrogen-bond donors (Lipinski definition) is 1. The molecule has 0 aromatic carbocycles. The van der Waals surface area contributed by atoms with Gasteiger partial charge in [-0.2, -0.15) is 0 Å². The number of ether oxygens (including phenoxy) is 2. The zero-order valence-electron chi connectivity index (χ0n) is 14.7. The quantitative estimate of drug-likeness (QED) is 0.764. The highest BCUT2D eigenvalue weighted by molar-refractivity contribution is 5.92. The van der Waals surface area contributed by atoms with Gasteiger partial charge in [0.1, 0.15) is 12.0 Å². The molecule has 1 aliphatic carbocycles. The lowest BCUT2D eigenvalue weighted by molar-refractivity contribution is -0.00409. The molecule has 1 saturated carbocycles. The van der Waals surface area contributed by atoms with Crippen LogP contribution in [0, 0.1) is 5.82 Å². The largest absolute Gasteiger partial charge is 0.382 e. The van der Waals surface area contributed by atoms with Crippen LogP contribution in [0.5, 0.6) is 0 Å². The number of carbonyl (C=O) groups excluding carboxylic acids is 1. The molecule has 140 valence electrons. The Morgan fingerprint density at radius 3 is 2.81 bits per heavy atom. The standard InChI is InChI=1S/C18H23FN4O3/c1-25-10-11-26-14-4-2-13(3-5-14)21-18(24)16-7-6-15(19)17(22-16)23-9-8-20-12-23/h6-9,12-14H,2-5,10-11H2,1H3,(H,21,24). The van der Waals surface area contributed by atoms with E-state index < -0.39 is 5.82 Å². The van der Waals surface area contributed by atoms with Crippen LogP contribution in [0.25, 0.3) is 5.82 Å². The third-order valence-electron chi connectivity index (χ3n) is 4.46. The highest BCUT2D eigenvalue weighted by atomic mass is 19.1. The lowest BCUT2D eigenvalue weighted by Gasteiger charge is -2.29. The van der Waals surface area contributed by atoms with Crippen molar-refractivity contribution in [3.8, 4) is 5.82 Å². The molecule has 3 rings (SSSR count). The average Bonchev–Trinajstić information content (AvgIpc) is 3.18. The second-order valence-electron chi connectivity index (χ2n) is 6.28. The van der Waals surface area contributed by atoms with Gasteiger partial charge in [0.05, 0.1) is 19.3 Å². The van der Waals surface area contributed by atoms with Crippen LogP contribution in [0.1, 0.15) is 36.2 Å². The fourth-order valence-electron chi connectivity index (χ4n) is 3.05. The molecule has 0 atom stereocenters. The zero-order valence-corrected chi connectivity index (χ0v) is 14.7. The van der Waals surface area contributed by atoms with E-state index in [-0.39, 0.29) is 29.6 Å². The van der Waals surface area contributed by atoms with Crippen molar-refractivity contribution in [1.29, 1.82) is 0 Å². The molecule has 0 radical (unpaired) electrons. The van der Waals surface area contributed by atoms with Crippen molar-refractivity contribution in [2.24, 2.45) is 0 Å². The fourth-order valence-corrected chi connectivity index (χ4v) is 3.05. The van der Waals surface area contributed by atoms with Crippen LogP contribution in [0.2, 0.25) is 0 Å². The van der Waals surface area contributed by atoms with Crippen LogP contribution in [0.3, 0.4) is 0 Å². The first-order valence-electron chi connectivity index (χ1n) is 8.73. The van der Waals surface area contributed by atoms with Crippen LogP contribution < -0.4 is 5.32 Å². The third kappa shape index (κ3) is 4.64. The molecule has 0 bridgehead atoms. The summed E-state index contributed by atoms with van der Waals surface area (Å²) in [6, 6.07) is 2.72. The molecule has 2 aromatic rings. The summed E-state index contributed by atoms with van der Waals surface area (Å²) < 4.78 is 26.1. The first kappa shape index (κ1) is 18.5. The predicted molar refractivity (Wildman–Crippen MR) is 92.7 cm³/mol. The number of halogens is 1. The van der Waals surface area contributed by atoms with Crippen molar-refractivity contribution in [2.75, 3.05) is 20.3 Å². The number of hydrogen-bond acceptors (Lipinski definition) is 5. The number of nitrogens with one attached hydrogen (secondary N) is 1. The van der Waals surface area contributed by atoms with Gasteiger partial charge in [0.15, 0.2) is 11.6 Å². The summed E-state index contributed by atoms with van der Waals surface area (Å²) in [5.41, 5.74) is 0.188. The van der Waals surface area contributed by atoms with Crippen LogP contribution in [-0.2, 0) is 9.47 Å². The summed E-state index contributed by atoms with van der Waals surface area (Å²) >= 11 is 0. The fraction of sp³-hybridized carbons (Fsp3) is 0.500. The molecule has 0 spiro atoms. The number of nitrogens with zero attached hydrogens (tertiary/aromatic N) is 3. The molecule has 1 N–H and O–H groups in total. The third-order valence-corrected chi connectivity index (χ3v) is 4.46. The maximum absolute atomic E-state index is 14.0. The van der Waals surface area contributed by atoms with Gasteiger partial charge in [-0.3, -0.25) is 9.36 Å². The van der Waals surface area contributed by atoms with Crippen molar-refractivity contribution in [3.63, 3.8) is 0 Å². The molecule has 0 aliphatic heterocycles. The number of carbonyl (C=O) groups is 1. The van der Waals surface area contributed by atoms with Gasteiger partial charge < -0.3 is 14.8 Å². The normalized spacial score (nSPS) is 20.1.